The Bertz CT molecular complexity index is 700. The molecule has 116 valence electrons. The molecule has 22 heavy (non-hydrogen) atoms. The van der Waals surface area contributed by atoms with Gasteiger partial charge in [0.05, 0.1) is 17.5 Å². The van der Waals surface area contributed by atoms with Crippen molar-refractivity contribution >= 4 is 23.2 Å². The summed E-state index contributed by atoms with van der Waals surface area (Å²) in [4.78, 5) is 18.1. The highest BCUT2D eigenvalue weighted by molar-refractivity contribution is 6.31. The van der Waals surface area contributed by atoms with Crippen molar-refractivity contribution in [3.8, 4) is 0 Å². The second-order valence-corrected chi connectivity index (χ2v) is 5.66. The van der Waals surface area contributed by atoms with Gasteiger partial charge in [0, 0.05) is 18.8 Å². The molecule has 1 aliphatic rings. The highest BCUT2D eigenvalue weighted by Gasteiger charge is 2.33. The van der Waals surface area contributed by atoms with E-state index in [1.807, 2.05) is 4.90 Å². The zero-order valence-corrected chi connectivity index (χ0v) is 12.6. The highest BCUT2D eigenvalue weighted by Crippen LogP contribution is 2.25. The lowest BCUT2D eigenvalue weighted by molar-refractivity contribution is -0.118. The Labute approximate surface area is 131 Å². The van der Waals surface area contributed by atoms with Gasteiger partial charge in [-0.15, -0.1) is 0 Å². The molecule has 0 spiro atoms. The van der Waals surface area contributed by atoms with E-state index < -0.39 is 5.82 Å². The lowest BCUT2D eigenvalue weighted by Gasteiger charge is -2.36. The van der Waals surface area contributed by atoms with Gasteiger partial charge in [-0.25, -0.2) is 4.39 Å². The molecule has 2 aromatic rings. The van der Waals surface area contributed by atoms with Crippen LogP contribution in [0.15, 0.2) is 22.7 Å². The van der Waals surface area contributed by atoms with Crippen LogP contribution in [0.5, 0.6) is 0 Å². The smallest absolute Gasteiger partial charge is 0.238 e. The van der Waals surface area contributed by atoms with Crippen LogP contribution in [0.1, 0.15) is 17.6 Å². The number of benzene rings is 1. The molecular weight excluding hydrogens is 311 g/mol. The van der Waals surface area contributed by atoms with E-state index in [2.05, 4.69) is 15.5 Å². The number of anilines is 1. The summed E-state index contributed by atoms with van der Waals surface area (Å²) in [5.41, 5.74) is 0.473. The van der Waals surface area contributed by atoms with Crippen LogP contribution in [-0.4, -0.2) is 40.6 Å². The molecular formula is C14H14ClFN4O2. The minimum Gasteiger partial charge on any atom is -0.339 e. The lowest BCUT2D eigenvalue weighted by atomic mass is 10.0. The van der Waals surface area contributed by atoms with Crippen LogP contribution in [0.4, 0.5) is 10.1 Å². The van der Waals surface area contributed by atoms with Gasteiger partial charge in [0.2, 0.25) is 11.8 Å². The second kappa shape index (κ2) is 6.02. The number of aryl methyl sites for hydroxylation is 1. The maximum atomic E-state index is 13.0. The number of carbonyl (C=O) groups is 1. The van der Waals surface area contributed by atoms with Gasteiger partial charge in [-0.3, -0.25) is 9.69 Å². The monoisotopic (exact) mass is 324 g/mol. The van der Waals surface area contributed by atoms with Gasteiger partial charge in [0.1, 0.15) is 5.82 Å². The Balaban J connectivity index is 1.48. The Kier molecular flexibility index (Phi) is 4.08. The van der Waals surface area contributed by atoms with Gasteiger partial charge in [-0.1, -0.05) is 16.8 Å². The molecule has 1 saturated heterocycles. The second-order valence-electron chi connectivity index (χ2n) is 5.25. The molecule has 2 heterocycles. The SMILES string of the molecule is Cc1noc(C2CN(CC(=O)Nc3ccc(F)c(Cl)c3)C2)n1. The molecule has 1 fully saturated rings. The number of nitrogens with one attached hydrogen (secondary N) is 1. The van der Waals surface area contributed by atoms with Crippen molar-refractivity contribution in [1.29, 1.82) is 0 Å². The predicted octanol–water partition coefficient (Wildman–Crippen LogP) is 2.21. The molecule has 3 rings (SSSR count). The Morgan fingerprint density at radius 1 is 1.55 bits per heavy atom. The number of halogens is 2. The van der Waals surface area contributed by atoms with E-state index in [4.69, 9.17) is 16.1 Å². The van der Waals surface area contributed by atoms with Crippen LogP contribution in [0.3, 0.4) is 0 Å². The summed E-state index contributed by atoms with van der Waals surface area (Å²) in [5, 5.41) is 6.41. The summed E-state index contributed by atoms with van der Waals surface area (Å²) >= 11 is 5.67. The Morgan fingerprint density at radius 2 is 2.32 bits per heavy atom. The van der Waals surface area contributed by atoms with Gasteiger partial charge in [0.15, 0.2) is 5.82 Å². The Hall–Kier alpha value is -1.99. The zero-order valence-electron chi connectivity index (χ0n) is 11.8. The van der Waals surface area contributed by atoms with E-state index in [0.29, 0.717) is 30.5 Å². The fourth-order valence-electron chi connectivity index (χ4n) is 2.31. The van der Waals surface area contributed by atoms with Crippen LogP contribution in [0, 0.1) is 12.7 Å². The van der Waals surface area contributed by atoms with E-state index in [9.17, 15) is 9.18 Å². The van der Waals surface area contributed by atoms with Crippen molar-refractivity contribution in [3.63, 3.8) is 0 Å². The van der Waals surface area contributed by atoms with Crippen molar-refractivity contribution in [2.24, 2.45) is 0 Å². The van der Waals surface area contributed by atoms with Crippen molar-refractivity contribution in [3.05, 3.63) is 40.8 Å². The molecule has 8 heteroatoms. The maximum absolute atomic E-state index is 13.0. The summed E-state index contributed by atoms with van der Waals surface area (Å²) in [5.74, 6) is 0.705. The third-order valence-corrected chi connectivity index (χ3v) is 3.71. The van der Waals surface area contributed by atoms with E-state index in [-0.39, 0.29) is 23.4 Å². The van der Waals surface area contributed by atoms with Crippen molar-refractivity contribution in [2.75, 3.05) is 25.0 Å². The van der Waals surface area contributed by atoms with E-state index in [1.165, 1.54) is 18.2 Å². The van der Waals surface area contributed by atoms with E-state index in [1.54, 1.807) is 6.92 Å². The highest BCUT2D eigenvalue weighted by atomic mass is 35.5. The topological polar surface area (TPSA) is 71.3 Å². The summed E-state index contributed by atoms with van der Waals surface area (Å²) in [7, 11) is 0. The number of hydrogen-bond donors (Lipinski definition) is 1. The summed E-state index contributed by atoms with van der Waals surface area (Å²) in [6.45, 7) is 3.40. The average molecular weight is 325 g/mol. The van der Waals surface area contributed by atoms with Crippen LogP contribution in [0.2, 0.25) is 5.02 Å². The zero-order chi connectivity index (χ0) is 15.7. The minimum atomic E-state index is -0.514. The Morgan fingerprint density at radius 3 is 2.95 bits per heavy atom. The molecule has 0 unspecified atom stereocenters. The van der Waals surface area contributed by atoms with E-state index >= 15 is 0 Å². The normalized spacial score (nSPS) is 15.6. The molecule has 6 nitrogen and oxygen atoms in total. The lowest BCUT2D eigenvalue weighted by Crippen LogP contribution is -2.48. The minimum absolute atomic E-state index is 0.0198. The number of amides is 1. The third-order valence-electron chi connectivity index (χ3n) is 3.42. The molecule has 1 aromatic heterocycles. The van der Waals surface area contributed by atoms with Gasteiger partial charge in [-0.05, 0) is 25.1 Å². The molecule has 1 amide bonds. The number of aromatic nitrogens is 2. The quantitative estimate of drug-likeness (QED) is 0.933. The predicted molar refractivity (Wildman–Crippen MR) is 78.3 cm³/mol. The van der Waals surface area contributed by atoms with Crippen molar-refractivity contribution in [1.82, 2.24) is 15.0 Å². The number of likely N-dealkylation sites (tertiary alicyclic amines) is 1. The molecule has 1 N–H and O–H groups in total. The van der Waals surface area contributed by atoms with Gasteiger partial charge in [-0.2, -0.15) is 4.98 Å². The van der Waals surface area contributed by atoms with Crippen LogP contribution >= 0.6 is 11.6 Å². The standard InChI is InChI=1S/C14H14ClFN4O2/c1-8-17-14(22-19-8)9-5-20(6-9)7-13(21)18-10-2-3-12(16)11(15)4-10/h2-4,9H,5-7H2,1H3,(H,18,21). The summed E-state index contributed by atoms with van der Waals surface area (Å²) in [6.07, 6.45) is 0. The van der Waals surface area contributed by atoms with Gasteiger partial charge >= 0.3 is 0 Å². The molecule has 0 saturated carbocycles. The molecule has 0 atom stereocenters. The van der Waals surface area contributed by atoms with Crippen molar-refractivity contribution < 1.29 is 13.7 Å². The van der Waals surface area contributed by atoms with Crippen LogP contribution in [-0.2, 0) is 4.79 Å². The number of nitrogens with zero attached hydrogens (tertiary/aromatic N) is 3. The van der Waals surface area contributed by atoms with Crippen LogP contribution < -0.4 is 5.32 Å². The first-order valence-electron chi connectivity index (χ1n) is 6.79. The molecule has 0 aliphatic carbocycles. The number of carbonyl (C=O) groups excluding carboxylic acids is 1. The largest absolute Gasteiger partial charge is 0.339 e. The van der Waals surface area contributed by atoms with Gasteiger partial charge in [0.25, 0.3) is 0 Å². The van der Waals surface area contributed by atoms with Crippen molar-refractivity contribution in [2.45, 2.75) is 12.8 Å². The van der Waals surface area contributed by atoms with E-state index in [0.717, 1.165) is 0 Å². The van der Waals surface area contributed by atoms with Crippen LogP contribution in [0.25, 0.3) is 0 Å². The average Bonchev–Trinajstić information content (AvgIpc) is 2.84. The third kappa shape index (κ3) is 3.26. The fraction of sp³-hybridized carbons (Fsp3) is 0.357. The summed E-state index contributed by atoms with van der Waals surface area (Å²) < 4.78 is 18.1. The first kappa shape index (κ1) is 14.9. The molecule has 0 radical (unpaired) electrons. The maximum Gasteiger partial charge on any atom is 0.238 e. The molecule has 0 bridgehead atoms. The number of rotatable bonds is 4. The molecule has 1 aliphatic heterocycles. The summed E-state index contributed by atoms with van der Waals surface area (Å²) in [6, 6.07) is 4.07. The molecule has 1 aromatic carbocycles. The van der Waals surface area contributed by atoms with Gasteiger partial charge < -0.3 is 9.84 Å². The first-order valence-corrected chi connectivity index (χ1v) is 7.16. The number of hydrogen-bond acceptors (Lipinski definition) is 5. The fourth-order valence-corrected chi connectivity index (χ4v) is 2.49. The first-order chi connectivity index (χ1) is 10.5.